The van der Waals surface area contributed by atoms with E-state index in [4.69, 9.17) is 0 Å². The fraction of sp³-hybridized carbons (Fsp3) is 0.600. The average molecular weight is 211 g/mol. The predicted octanol–water partition coefficient (Wildman–Crippen LogP) is 2.42. The molecule has 4 heteroatoms. The molecule has 1 heterocycles. The van der Waals surface area contributed by atoms with Crippen LogP contribution in [-0.2, 0) is 0 Å². The molecular weight excluding hydrogens is 194 g/mol. The molecule has 1 aromatic heterocycles. The summed E-state index contributed by atoms with van der Waals surface area (Å²) < 4.78 is 0. The number of anilines is 1. The molecule has 0 saturated heterocycles. The summed E-state index contributed by atoms with van der Waals surface area (Å²) in [5.74, 6) is 2.14. The molecule has 1 rings (SSSR count). The minimum atomic E-state index is 0.873. The Morgan fingerprint density at radius 2 is 2.21 bits per heavy atom. The zero-order chi connectivity index (χ0) is 10.1. The van der Waals surface area contributed by atoms with Crippen LogP contribution in [0.15, 0.2) is 18.6 Å². The van der Waals surface area contributed by atoms with E-state index in [1.165, 1.54) is 25.0 Å². The Balaban J connectivity index is 1.99. The van der Waals surface area contributed by atoms with Crippen molar-refractivity contribution >= 4 is 17.6 Å². The smallest absolute Gasteiger partial charge is 0.144 e. The highest BCUT2D eigenvalue weighted by molar-refractivity contribution is 7.98. The first-order valence-electron chi connectivity index (χ1n) is 4.92. The quantitative estimate of drug-likeness (QED) is 0.703. The molecule has 0 aliphatic heterocycles. The summed E-state index contributed by atoms with van der Waals surface area (Å²) in [5.41, 5.74) is 0. The maximum atomic E-state index is 4.13. The van der Waals surface area contributed by atoms with Gasteiger partial charge >= 0.3 is 0 Å². The summed E-state index contributed by atoms with van der Waals surface area (Å²) in [6.07, 6.45) is 11.1. The van der Waals surface area contributed by atoms with Gasteiger partial charge in [-0.1, -0.05) is 6.42 Å². The lowest BCUT2D eigenvalue weighted by Gasteiger charge is -2.03. The van der Waals surface area contributed by atoms with Crippen molar-refractivity contribution in [2.45, 2.75) is 19.3 Å². The molecule has 0 bridgehead atoms. The first-order chi connectivity index (χ1) is 6.93. The van der Waals surface area contributed by atoms with E-state index in [0.29, 0.717) is 0 Å². The molecule has 0 fully saturated rings. The molecule has 0 unspecified atom stereocenters. The predicted molar refractivity (Wildman–Crippen MR) is 62.8 cm³/mol. The van der Waals surface area contributed by atoms with Gasteiger partial charge in [-0.2, -0.15) is 11.8 Å². The van der Waals surface area contributed by atoms with Crippen LogP contribution in [0.25, 0.3) is 0 Å². The largest absolute Gasteiger partial charge is 0.369 e. The van der Waals surface area contributed by atoms with Crippen LogP contribution in [0, 0.1) is 0 Å². The number of aromatic nitrogens is 2. The fourth-order valence-electron chi connectivity index (χ4n) is 1.16. The molecule has 3 nitrogen and oxygen atoms in total. The summed E-state index contributed by atoms with van der Waals surface area (Å²) in [5, 5.41) is 3.24. The van der Waals surface area contributed by atoms with E-state index in [9.17, 15) is 0 Å². The second-order valence-corrected chi connectivity index (χ2v) is 4.06. The van der Waals surface area contributed by atoms with Crippen molar-refractivity contribution in [3.05, 3.63) is 18.6 Å². The second-order valence-electron chi connectivity index (χ2n) is 3.07. The third-order valence-corrected chi connectivity index (χ3v) is 2.59. The van der Waals surface area contributed by atoms with Gasteiger partial charge in [-0.25, -0.2) is 4.98 Å². The monoisotopic (exact) mass is 211 g/mol. The average Bonchev–Trinajstić information content (AvgIpc) is 2.25. The van der Waals surface area contributed by atoms with Crippen molar-refractivity contribution in [1.82, 2.24) is 9.97 Å². The van der Waals surface area contributed by atoms with E-state index in [0.717, 1.165) is 12.4 Å². The van der Waals surface area contributed by atoms with E-state index < -0.39 is 0 Å². The number of unbranched alkanes of at least 4 members (excludes halogenated alkanes) is 2. The topological polar surface area (TPSA) is 37.8 Å². The zero-order valence-corrected chi connectivity index (χ0v) is 9.39. The van der Waals surface area contributed by atoms with Crippen LogP contribution >= 0.6 is 11.8 Å². The van der Waals surface area contributed by atoms with Crippen molar-refractivity contribution in [2.24, 2.45) is 0 Å². The Morgan fingerprint density at radius 1 is 1.29 bits per heavy atom. The third kappa shape index (κ3) is 5.07. The molecule has 0 spiro atoms. The molecule has 0 aliphatic rings. The van der Waals surface area contributed by atoms with Gasteiger partial charge in [0.2, 0.25) is 0 Å². The van der Waals surface area contributed by atoms with Gasteiger partial charge in [-0.15, -0.1) is 0 Å². The molecule has 0 radical (unpaired) electrons. The van der Waals surface area contributed by atoms with Crippen molar-refractivity contribution in [2.75, 3.05) is 23.9 Å². The Morgan fingerprint density at radius 3 is 2.93 bits per heavy atom. The Bertz CT molecular complexity index is 228. The van der Waals surface area contributed by atoms with Crippen molar-refractivity contribution in [1.29, 1.82) is 0 Å². The zero-order valence-electron chi connectivity index (χ0n) is 8.57. The van der Waals surface area contributed by atoms with E-state index in [1.807, 2.05) is 11.8 Å². The number of hydrogen-bond donors (Lipinski definition) is 1. The van der Waals surface area contributed by atoms with Crippen LogP contribution in [0.2, 0.25) is 0 Å². The van der Waals surface area contributed by atoms with Gasteiger partial charge < -0.3 is 5.32 Å². The lowest BCUT2D eigenvalue weighted by molar-refractivity contribution is 0.748. The minimum absolute atomic E-state index is 0.873. The first kappa shape index (κ1) is 11.3. The van der Waals surface area contributed by atoms with E-state index >= 15 is 0 Å². The molecule has 0 aromatic carbocycles. The highest BCUT2D eigenvalue weighted by Crippen LogP contribution is 2.03. The van der Waals surface area contributed by atoms with Crippen LogP contribution < -0.4 is 5.32 Å². The van der Waals surface area contributed by atoms with Gasteiger partial charge in [0.05, 0.1) is 6.20 Å². The summed E-state index contributed by atoms with van der Waals surface area (Å²) in [4.78, 5) is 8.12. The molecule has 14 heavy (non-hydrogen) atoms. The molecule has 1 N–H and O–H groups in total. The molecule has 0 aliphatic carbocycles. The van der Waals surface area contributed by atoms with Gasteiger partial charge in [0, 0.05) is 18.9 Å². The summed E-state index contributed by atoms with van der Waals surface area (Å²) in [7, 11) is 0. The maximum absolute atomic E-state index is 4.13. The Kier molecular flexibility index (Phi) is 6.15. The molecule has 1 aromatic rings. The van der Waals surface area contributed by atoms with Crippen LogP contribution in [-0.4, -0.2) is 28.5 Å². The Labute approximate surface area is 89.7 Å². The number of hydrogen-bond acceptors (Lipinski definition) is 4. The van der Waals surface area contributed by atoms with E-state index in [2.05, 4.69) is 21.5 Å². The van der Waals surface area contributed by atoms with Gasteiger partial charge in [0.25, 0.3) is 0 Å². The van der Waals surface area contributed by atoms with Gasteiger partial charge in [-0.05, 0) is 24.9 Å². The lowest BCUT2D eigenvalue weighted by atomic mass is 10.2. The molecule has 0 saturated carbocycles. The Hall–Kier alpha value is -0.770. The molecule has 78 valence electrons. The van der Waals surface area contributed by atoms with Gasteiger partial charge in [0.15, 0.2) is 0 Å². The minimum Gasteiger partial charge on any atom is -0.369 e. The second kappa shape index (κ2) is 7.62. The van der Waals surface area contributed by atoms with Gasteiger partial charge in [-0.3, -0.25) is 4.98 Å². The SMILES string of the molecule is CSCCCCCNc1cnccn1. The van der Waals surface area contributed by atoms with Crippen LogP contribution in [0.3, 0.4) is 0 Å². The third-order valence-electron chi connectivity index (χ3n) is 1.89. The maximum Gasteiger partial charge on any atom is 0.144 e. The van der Waals surface area contributed by atoms with Crippen molar-refractivity contribution < 1.29 is 0 Å². The summed E-state index contributed by atoms with van der Waals surface area (Å²) in [6, 6.07) is 0. The number of nitrogens with one attached hydrogen (secondary N) is 1. The fourth-order valence-corrected chi connectivity index (χ4v) is 1.65. The van der Waals surface area contributed by atoms with Gasteiger partial charge in [0.1, 0.15) is 5.82 Å². The number of nitrogens with zero attached hydrogens (tertiary/aromatic N) is 2. The van der Waals surface area contributed by atoms with Crippen molar-refractivity contribution in [3.8, 4) is 0 Å². The highest BCUT2D eigenvalue weighted by Gasteiger charge is 1.91. The van der Waals surface area contributed by atoms with Crippen molar-refractivity contribution in [3.63, 3.8) is 0 Å². The number of thioether (sulfide) groups is 1. The van der Waals surface area contributed by atoms with E-state index in [-0.39, 0.29) is 0 Å². The lowest BCUT2D eigenvalue weighted by Crippen LogP contribution is -2.03. The number of rotatable bonds is 7. The van der Waals surface area contributed by atoms with E-state index in [1.54, 1.807) is 18.6 Å². The molecule has 0 amide bonds. The van der Waals surface area contributed by atoms with Crippen LogP contribution in [0.5, 0.6) is 0 Å². The molecule has 0 atom stereocenters. The summed E-state index contributed by atoms with van der Waals surface area (Å²) >= 11 is 1.91. The highest BCUT2D eigenvalue weighted by atomic mass is 32.2. The normalized spacial score (nSPS) is 10.1. The molecular formula is C10H17N3S. The first-order valence-corrected chi connectivity index (χ1v) is 6.31. The van der Waals surface area contributed by atoms with Crippen LogP contribution in [0.4, 0.5) is 5.82 Å². The summed E-state index contributed by atoms with van der Waals surface area (Å²) in [6.45, 7) is 0.993. The van der Waals surface area contributed by atoms with Crippen LogP contribution in [0.1, 0.15) is 19.3 Å². The standard InChI is InChI=1S/C10H17N3S/c1-14-8-4-2-3-5-12-10-9-11-6-7-13-10/h6-7,9H,2-5,8H2,1H3,(H,12,13).